The number of phenolic OH excluding ortho intramolecular Hbond substituents is 1. The summed E-state index contributed by atoms with van der Waals surface area (Å²) in [5, 5.41) is 13.5. The number of aliphatic imine (C=N–C) groups is 2. The molecule has 1 aliphatic heterocycles. The molecule has 0 bridgehead atoms. The Morgan fingerprint density at radius 1 is 1.23 bits per heavy atom. The predicted molar refractivity (Wildman–Crippen MR) is 142 cm³/mol. The molecular weight excluding hydrogens is 468 g/mol. The van der Waals surface area contributed by atoms with Gasteiger partial charge < -0.3 is 19.7 Å². The van der Waals surface area contributed by atoms with Crippen LogP contribution < -0.4 is 10.0 Å². The molecule has 0 amide bonds. The highest BCUT2D eigenvalue weighted by Gasteiger charge is 2.27. The molecule has 2 heterocycles. The number of phenols is 1. The standard InChI is InChI=1S/C18H22N6O4S.C4H10.C2H2/c1-11-8-9-12(28-11)10-20-16-17(23-29(26,27)22-16)21-14-7-5-6-13(15(14)25)18(19-2)24(3)4;1-4(2)3;1-2/h5-9,25H,10H2,1-4H3,(H,20,22)(H,21,23);4H,1-3H3;1-2H. The summed E-state index contributed by atoms with van der Waals surface area (Å²) in [7, 11) is 1.31. The van der Waals surface area contributed by atoms with Crippen molar-refractivity contribution in [2.24, 2.45) is 20.3 Å². The van der Waals surface area contributed by atoms with Gasteiger partial charge in [-0.1, -0.05) is 26.8 Å². The first-order chi connectivity index (χ1) is 16.4. The Kier molecular flexibility index (Phi) is 11.0. The maximum atomic E-state index is 11.9. The number of rotatable bonds is 4. The molecule has 35 heavy (non-hydrogen) atoms. The third-order valence-corrected chi connectivity index (χ3v) is 4.89. The van der Waals surface area contributed by atoms with E-state index >= 15 is 0 Å². The second-order valence-electron chi connectivity index (χ2n) is 8.19. The first kappa shape index (κ1) is 29.3. The average Bonchev–Trinajstić information content (AvgIpc) is 3.31. The lowest BCUT2D eigenvalue weighted by Gasteiger charge is -2.18. The third kappa shape index (κ3) is 8.83. The Labute approximate surface area is 208 Å². The Morgan fingerprint density at radius 3 is 2.37 bits per heavy atom. The normalized spacial score (nSPS) is 15.3. The number of furan rings is 1. The molecule has 0 saturated heterocycles. The average molecular weight is 503 g/mol. The molecule has 3 rings (SSSR count). The summed E-state index contributed by atoms with van der Waals surface area (Å²) in [5.74, 6) is 2.62. The molecule has 190 valence electrons. The van der Waals surface area contributed by atoms with E-state index in [-0.39, 0.29) is 29.7 Å². The molecule has 1 aliphatic rings. The van der Waals surface area contributed by atoms with Gasteiger partial charge in [0.15, 0.2) is 11.7 Å². The maximum Gasteiger partial charge on any atom is 0.345 e. The van der Waals surface area contributed by atoms with E-state index in [0.717, 1.165) is 11.7 Å². The van der Waals surface area contributed by atoms with Gasteiger partial charge in [0.05, 0.1) is 17.8 Å². The summed E-state index contributed by atoms with van der Waals surface area (Å²) >= 11 is 0. The van der Waals surface area contributed by atoms with Gasteiger partial charge in [-0.05, 0) is 37.1 Å². The third-order valence-electron chi connectivity index (χ3n) is 4.02. The Hall–Kier alpha value is -3.78. The van der Waals surface area contributed by atoms with Gasteiger partial charge in [-0.15, -0.1) is 17.2 Å². The minimum absolute atomic E-state index is 0.0273. The van der Waals surface area contributed by atoms with Crippen LogP contribution in [0, 0.1) is 25.7 Å². The fourth-order valence-corrected chi connectivity index (χ4v) is 3.61. The van der Waals surface area contributed by atoms with Crippen molar-refractivity contribution < 1.29 is 17.9 Å². The van der Waals surface area contributed by atoms with Crippen LogP contribution in [0.2, 0.25) is 0 Å². The van der Waals surface area contributed by atoms with E-state index in [2.05, 4.69) is 58.0 Å². The zero-order chi connectivity index (χ0) is 26.8. The number of benzene rings is 1. The van der Waals surface area contributed by atoms with Gasteiger partial charge in [-0.25, -0.2) is 4.72 Å². The number of amidine groups is 3. The van der Waals surface area contributed by atoms with Crippen molar-refractivity contribution in [1.82, 2.24) is 9.62 Å². The highest BCUT2D eigenvalue weighted by atomic mass is 32.2. The highest BCUT2D eigenvalue weighted by molar-refractivity contribution is 7.89. The van der Waals surface area contributed by atoms with Crippen molar-refractivity contribution in [2.45, 2.75) is 34.2 Å². The lowest BCUT2D eigenvalue weighted by Crippen LogP contribution is -2.30. The number of aromatic hydroxyl groups is 1. The van der Waals surface area contributed by atoms with E-state index in [4.69, 9.17) is 4.42 Å². The number of terminal acetylenes is 1. The molecule has 1 aromatic carbocycles. The van der Waals surface area contributed by atoms with Crippen LogP contribution in [0.25, 0.3) is 0 Å². The summed E-state index contributed by atoms with van der Waals surface area (Å²) < 4.78 is 35.2. The van der Waals surface area contributed by atoms with Gasteiger partial charge >= 0.3 is 10.2 Å². The zero-order valence-electron chi connectivity index (χ0n) is 21.2. The number of aryl methyl sites for hydroxylation is 1. The van der Waals surface area contributed by atoms with E-state index < -0.39 is 10.2 Å². The van der Waals surface area contributed by atoms with E-state index in [1.165, 1.54) is 0 Å². The quantitative estimate of drug-likeness (QED) is 0.254. The lowest BCUT2D eigenvalue weighted by molar-refractivity contribution is 0.474. The number of hydrogen-bond acceptors (Lipinski definition) is 7. The molecule has 0 fully saturated rings. The van der Waals surface area contributed by atoms with Crippen LogP contribution in [-0.2, 0) is 16.8 Å². The maximum absolute atomic E-state index is 11.9. The van der Waals surface area contributed by atoms with E-state index in [1.54, 1.807) is 63.3 Å². The highest BCUT2D eigenvalue weighted by Crippen LogP contribution is 2.29. The Balaban J connectivity index is 0.000000926. The molecular formula is C24H34N6O4S. The SMILES string of the molecule is C#C.CC(C)C.CN=C(c1cccc(NC2=NS(=O)(=O)NC2=NCc2ccc(C)o2)c1O)N(C)C. The molecule has 2 aromatic rings. The van der Waals surface area contributed by atoms with Crippen LogP contribution in [0.1, 0.15) is 37.9 Å². The van der Waals surface area contributed by atoms with Crippen molar-refractivity contribution in [1.29, 1.82) is 0 Å². The molecule has 0 unspecified atom stereocenters. The van der Waals surface area contributed by atoms with E-state index in [9.17, 15) is 13.5 Å². The van der Waals surface area contributed by atoms with Crippen LogP contribution >= 0.6 is 0 Å². The van der Waals surface area contributed by atoms with Gasteiger partial charge in [-0.2, -0.15) is 8.42 Å². The number of anilines is 1. The molecule has 0 spiro atoms. The van der Waals surface area contributed by atoms with Crippen LogP contribution in [0.4, 0.5) is 5.69 Å². The topological polar surface area (TPSA) is 132 Å². The molecule has 0 saturated carbocycles. The molecule has 0 radical (unpaired) electrons. The van der Waals surface area contributed by atoms with Crippen LogP contribution in [0.15, 0.2) is 49.1 Å². The second-order valence-corrected chi connectivity index (χ2v) is 9.53. The summed E-state index contributed by atoms with van der Waals surface area (Å²) in [6.07, 6.45) is 8.00. The van der Waals surface area contributed by atoms with Gasteiger partial charge in [0.1, 0.15) is 23.1 Å². The lowest BCUT2D eigenvalue weighted by atomic mass is 10.1. The van der Waals surface area contributed by atoms with Crippen molar-refractivity contribution in [3.8, 4) is 18.6 Å². The Morgan fingerprint density at radius 2 is 1.86 bits per heavy atom. The molecule has 1 aromatic heterocycles. The molecule has 11 heteroatoms. The first-order valence-electron chi connectivity index (χ1n) is 10.7. The van der Waals surface area contributed by atoms with Crippen molar-refractivity contribution in [3.05, 3.63) is 47.4 Å². The fourth-order valence-electron chi connectivity index (χ4n) is 2.79. The van der Waals surface area contributed by atoms with Crippen molar-refractivity contribution in [2.75, 3.05) is 26.5 Å². The van der Waals surface area contributed by atoms with Gasteiger partial charge in [-0.3, -0.25) is 9.98 Å². The second kappa shape index (κ2) is 13.2. The predicted octanol–water partition coefficient (Wildman–Crippen LogP) is 3.40. The zero-order valence-corrected chi connectivity index (χ0v) is 22.0. The van der Waals surface area contributed by atoms with E-state index in [1.807, 2.05) is 0 Å². The Bertz CT molecular complexity index is 1200. The van der Waals surface area contributed by atoms with Crippen LogP contribution in [-0.4, -0.2) is 57.1 Å². The van der Waals surface area contributed by atoms with Crippen molar-refractivity contribution in [3.63, 3.8) is 0 Å². The van der Waals surface area contributed by atoms with Crippen molar-refractivity contribution >= 4 is 33.4 Å². The van der Waals surface area contributed by atoms with Gasteiger partial charge in [0.25, 0.3) is 0 Å². The minimum Gasteiger partial charge on any atom is -0.505 e. The van der Waals surface area contributed by atoms with Gasteiger partial charge in [0.2, 0.25) is 0 Å². The molecule has 0 atom stereocenters. The first-order valence-corrected chi connectivity index (χ1v) is 12.2. The minimum atomic E-state index is -3.92. The van der Waals surface area contributed by atoms with Gasteiger partial charge in [0, 0.05) is 21.1 Å². The summed E-state index contributed by atoms with van der Waals surface area (Å²) in [4.78, 5) is 10.2. The van der Waals surface area contributed by atoms with Crippen LogP contribution in [0.3, 0.4) is 0 Å². The molecule has 3 N–H and O–H groups in total. The molecule has 10 nitrogen and oxygen atoms in total. The largest absolute Gasteiger partial charge is 0.505 e. The number of nitrogens with one attached hydrogen (secondary N) is 2. The summed E-state index contributed by atoms with van der Waals surface area (Å²) in [6, 6.07) is 8.58. The number of nitrogens with zero attached hydrogens (tertiary/aromatic N) is 4. The van der Waals surface area contributed by atoms with E-state index in [0.29, 0.717) is 17.2 Å². The van der Waals surface area contributed by atoms with Crippen LogP contribution in [0.5, 0.6) is 5.75 Å². The number of para-hydroxylation sites is 1. The molecule has 0 aliphatic carbocycles. The smallest absolute Gasteiger partial charge is 0.345 e. The summed E-state index contributed by atoms with van der Waals surface area (Å²) in [6.45, 7) is 8.44. The summed E-state index contributed by atoms with van der Waals surface area (Å²) in [5.41, 5.74) is 0.756. The monoisotopic (exact) mass is 502 g/mol. The number of hydrogen-bond donors (Lipinski definition) is 3. The fraction of sp³-hybridized carbons (Fsp3) is 0.375.